The number of hydrogen-bond acceptors (Lipinski definition) is 4. The molecule has 0 bridgehead atoms. The minimum atomic E-state index is -0.526. The Morgan fingerprint density at radius 1 is 1.35 bits per heavy atom. The fourth-order valence-electron chi connectivity index (χ4n) is 1.65. The normalized spacial score (nSPS) is 10.2. The summed E-state index contributed by atoms with van der Waals surface area (Å²) in [7, 11) is 0. The quantitative estimate of drug-likeness (QED) is 0.633. The van der Waals surface area contributed by atoms with Gasteiger partial charge in [0.05, 0.1) is 4.92 Å². The maximum absolute atomic E-state index is 10.8. The van der Waals surface area contributed by atoms with E-state index in [-0.39, 0.29) is 11.4 Å². The Morgan fingerprint density at radius 3 is 2.76 bits per heavy atom. The SMILES string of the molecule is Cc1cccc(-c2cncc([N+](=O)[O-])c2N)c1. The second-order valence-corrected chi connectivity index (χ2v) is 3.75. The van der Waals surface area contributed by atoms with Crippen LogP contribution >= 0.6 is 0 Å². The van der Waals surface area contributed by atoms with Gasteiger partial charge in [-0.2, -0.15) is 0 Å². The summed E-state index contributed by atoms with van der Waals surface area (Å²) in [6, 6.07) is 7.59. The molecule has 0 aliphatic carbocycles. The first-order chi connectivity index (χ1) is 8.09. The van der Waals surface area contributed by atoms with E-state index in [9.17, 15) is 10.1 Å². The van der Waals surface area contributed by atoms with Gasteiger partial charge in [-0.05, 0) is 12.5 Å². The molecule has 0 aliphatic heterocycles. The fraction of sp³-hybridized carbons (Fsp3) is 0.0833. The van der Waals surface area contributed by atoms with Gasteiger partial charge in [0.25, 0.3) is 0 Å². The number of pyridine rings is 1. The van der Waals surface area contributed by atoms with Crippen molar-refractivity contribution in [3.05, 3.63) is 52.3 Å². The average Bonchev–Trinajstić information content (AvgIpc) is 2.29. The van der Waals surface area contributed by atoms with Crippen LogP contribution in [0.3, 0.4) is 0 Å². The van der Waals surface area contributed by atoms with Gasteiger partial charge in [-0.25, -0.2) is 0 Å². The van der Waals surface area contributed by atoms with Gasteiger partial charge < -0.3 is 5.73 Å². The van der Waals surface area contributed by atoms with E-state index in [4.69, 9.17) is 5.73 Å². The van der Waals surface area contributed by atoms with Crippen molar-refractivity contribution in [2.45, 2.75) is 6.92 Å². The van der Waals surface area contributed by atoms with Gasteiger partial charge >= 0.3 is 5.69 Å². The lowest BCUT2D eigenvalue weighted by Gasteiger charge is -2.06. The Morgan fingerprint density at radius 2 is 2.12 bits per heavy atom. The minimum absolute atomic E-state index is 0.149. The maximum atomic E-state index is 10.8. The standard InChI is InChI=1S/C12H11N3O2/c1-8-3-2-4-9(5-8)10-6-14-7-11(12(10)13)15(16)17/h2-7H,1H3,(H2,13,14). The van der Waals surface area contributed by atoms with Crippen molar-refractivity contribution >= 4 is 11.4 Å². The van der Waals surface area contributed by atoms with E-state index in [1.807, 2.05) is 31.2 Å². The van der Waals surface area contributed by atoms with Crippen LogP contribution < -0.4 is 5.73 Å². The molecule has 0 unspecified atom stereocenters. The molecule has 2 aromatic rings. The van der Waals surface area contributed by atoms with Crippen LogP contribution in [0.5, 0.6) is 0 Å². The molecule has 1 aromatic carbocycles. The van der Waals surface area contributed by atoms with Crippen molar-refractivity contribution in [3.8, 4) is 11.1 Å². The third kappa shape index (κ3) is 2.08. The number of nitro groups is 1. The molecule has 0 amide bonds. The van der Waals surface area contributed by atoms with Crippen LogP contribution in [0.4, 0.5) is 11.4 Å². The summed E-state index contributed by atoms with van der Waals surface area (Å²) in [5.41, 5.74) is 8.25. The molecule has 17 heavy (non-hydrogen) atoms. The molecular formula is C12H11N3O2. The molecule has 0 saturated carbocycles. The van der Waals surface area contributed by atoms with Crippen molar-refractivity contribution in [3.63, 3.8) is 0 Å². The van der Waals surface area contributed by atoms with Gasteiger partial charge in [0.15, 0.2) is 0 Å². The Balaban J connectivity index is 2.60. The van der Waals surface area contributed by atoms with E-state index >= 15 is 0 Å². The second-order valence-electron chi connectivity index (χ2n) is 3.75. The van der Waals surface area contributed by atoms with Crippen molar-refractivity contribution in [2.24, 2.45) is 0 Å². The Bertz CT molecular complexity index is 582. The van der Waals surface area contributed by atoms with Crippen molar-refractivity contribution in [1.82, 2.24) is 4.98 Å². The Kier molecular flexibility index (Phi) is 2.74. The predicted molar refractivity (Wildman–Crippen MR) is 65.5 cm³/mol. The zero-order chi connectivity index (χ0) is 12.4. The van der Waals surface area contributed by atoms with Gasteiger partial charge in [-0.1, -0.05) is 29.8 Å². The van der Waals surface area contributed by atoms with E-state index in [0.717, 1.165) is 17.3 Å². The molecule has 0 radical (unpaired) electrons. The number of rotatable bonds is 2. The highest BCUT2D eigenvalue weighted by atomic mass is 16.6. The number of anilines is 1. The van der Waals surface area contributed by atoms with E-state index in [1.54, 1.807) is 0 Å². The predicted octanol–water partition coefficient (Wildman–Crippen LogP) is 2.55. The summed E-state index contributed by atoms with van der Waals surface area (Å²) < 4.78 is 0. The van der Waals surface area contributed by atoms with Crippen LogP contribution in [0.25, 0.3) is 11.1 Å². The molecule has 2 rings (SSSR count). The first-order valence-electron chi connectivity index (χ1n) is 5.04. The van der Waals surface area contributed by atoms with Crippen LogP contribution in [0, 0.1) is 17.0 Å². The number of benzene rings is 1. The molecule has 0 fully saturated rings. The Labute approximate surface area is 98.1 Å². The fourth-order valence-corrected chi connectivity index (χ4v) is 1.65. The first kappa shape index (κ1) is 11.1. The molecule has 0 aliphatic rings. The van der Waals surface area contributed by atoms with Crippen LogP contribution in [0.15, 0.2) is 36.7 Å². The molecule has 1 aromatic heterocycles. The lowest BCUT2D eigenvalue weighted by Crippen LogP contribution is -1.99. The molecule has 0 saturated heterocycles. The van der Waals surface area contributed by atoms with Crippen molar-refractivity contribution in [1.29, 1.82) is 0 Å². The number of nitrogens with two attached hydrogens (primary N) is 1. The summed E-state index contributed by atoms with van der Waals surface area (Å²) in [5, 5.41) is 10.8. The molecule has 5 nitrogen and oxygen atoms in total. The number of aryl methyl sites for hydroxylation is 1. The third-order valence-electron chi connectivity index (χ3n) is 2.49. The summed E-state index contributed by atoms with van der Waals surface area (Å²) in [6.07, 6.45) is 2.70. The summed E-state index contributed by atoms with van der Waals surface area (Å²) in [4.78, 5) is 14.1. The van der Waals surface area contributed by atoms with Crippen LogP contribution in [-0.4, -0.2) is 9.91 Å². The van der Waals surface area contributed by atoms with Gasteiger partial charge in [-0.3, -0.25) is 15.1 Å². The van der Waals surface area contributed by atoms with Gasteiger partial charge in [0.2, 0.25) is 0 Å². The van der Waals surface area contributed by atoms with Gasteiger partial charge in [0, 0.05) is 11.8 Å². The molecular weight excluding hydrogens is 218 g/mol. The average molecular weight is 229 g/mol. The van der Waals surface area contributed by atoms with Crippen LogP contribution in [-0.2, 0) is 0 Å². The van der Waals surface area contributed by atoms with E-state index in [2.05, 4.69) is 4.98 Å². The molecule has 2 N–H and O–H groups in total. The highest BCUT2D eigenvalue weighted by Crippen LogP contribution is 2.31. The Hall–Kier alpha value is -2.43. The van der Waals surface area contributed by atoms with Gasteiger partial charge in [-0.15, -0.1) is 0 Å². The zero-order valence-electron chi connectivity index (χ0n) is 9.25. The number of nitrogen functional groups attached to an aromatic ring is 1. The summed E-state index contributed by atoms with van der Waals surface area (Å²) in [5.74, 6) is 0. The van der Waals surface area contributed by atoms with Crippen molar-refractivity contribution in [2.75, 3.05) is 5.73 Å². The molecule has 0 atom stereocenters. The number of hydrogen-bond donors (Lipinski definition) is 1. The first-order valence-corrected chi connectivity index (χ1v) is 5.04. The molecule has 1 heterocycles. The summed E-state index contributed by atoms with van der Waals surface area (Å²) in [6.45, 7) is 1.95. The molecule has 5 heteroatoms. The smallest absolute Gasteiger partial charge is 0.310 e. The highest BCUT2D eigenvalue weighted by molar-refractivity contribution is 5.81. The minimum Gasteiger partial charge on any atom is -0.393 e. The highest BCUT2D eigenvalue weighted by Gasteiger charge is 2.16. The molecule has 86 valence electrons. The van der Waals surface area contributed by atoms with E-state index in [1.165, 1.54) is 6.20 Å². The van der Waals surface area contributed by atoms with E-state index < -0.39 is 4.92 Å². The largest absolute Gasteiger partial charge is 0.393 e. The zero-order valence-corrected chi connectivity index (χ0v) is 9.25. The second kappa shape index (κ2) is 4.21. The van der Waals surface area contributed by atoms with Crippen LogP contribution in [0.1, 0.15) is 5.56 Å². The lowest BCUT2D eigenvalue weighted by atomic mass is 10.0. The number of nitrogens with zero attached hydrogens (tertiary/aromatic N) is 2. The maximum Gasteiger partial charge on any atom is 0.310 e. The lowest BCUT2D eigenvalue weighted by molar-refractivity contribution is -0.384. The number of aromatic nitrogens is 1. The monoisotopic (exact) mass is 229 g/mol. The van der Waals surface area contributed by atoms with Gasteiger partial charge in [0.1, 0.15) is 11.9 Å². The van der Waals surface area contributed by atoms with Crippen molar-refractivity contribution < 1.29 is 4.92 Å². The molecule has 0 spiro atoms. The van der Waals surface area contributed by atoms with E-state index in [0.29, 0.717) is 5.56 Å². The third-order valence-corrected chi connectivity index (χ3v) is 2.49. The topological polar surface area (TPSA) is 82.0 Å². The summed E-state index contributed by atoms with van der Waals surface area (Å²) >= 11 is 0. The van der Waals surface area contributed by atoms with Crippen LogP contribution in [0.2, 0.25) is 0 Å².